The minimum atomic E-state index is -0.462. The van der Waals surface area contributed by atoms with Crippen LogP contribution >= 0.6 is 0 Å². The lowest BCUT2D eigenvalue weighted by Crippen LogP contribution is -2.00. The van der Waals surface area contributed by atoms with E-state index in [1.54, 1.807) is 26.7 Å². The fourth-order valence-corrected chi connectivity index (χ4v) is 1.80. The van der Waals surface area contributed by atoms with Crippen molar-refractivity contribution in [3.05, 3.63) is 58.5 Å². The van der Waals surface area contributed by atoms with E-state index in [0.29, 0.717) is 5.82 Å². The molecule has 6 heteroatoms. The molecule has 0 unspecified atom stereocenters. The molecule has 1 heterocycles. The van der Waals surface area contributed by atoms with Crippen LogP contribution in [-0.4, -0.2) is 21.6 Å². The molecule has 0 fully saturated rings. The number of rotatable bonds is 5. The molecule has 0 aliphatic rings. The van der Waals surface area contributed by atoms with Crippen molar-refractivity contribution in [2.75, 3.05) is 7.11 Å². The Kier molecular flexibility index (Phi) is 4.14. The van der Waals surface area contributed by atoms with Crippen molar-refractivity contribution in [3.63, 3.8) is 0 Å². The third kappa shape index (κ3) is 2.85. The van der Waals surface area contributed by atoms with Crippen LogP contribution in [0.3, 0.4) is 0 Å². The van der Waals surface area contributed by atoms with Gasteiger partial charge in [0.2, 0.25) is 5.82 Å². The monoisotopic (exact) mass is 272 g/mol. The Hall–Kier alpha value is -2.63. The Bertz CT molecular complexity index is 647. The van der Waals surface area contributed by atoms with Crippen LogP contribution in [0.5, 0.6) is 5.75 Å². The Labute approximate surface area is 116 Å². The third-order valence-corrected chi connectivity index (χ3v) is 2.77. The van der Waals surface area contributed by atoms with Crippen LogP contribution in [0.4, 0.5) is 5.82 Å². The van der Waals surface area contributed by atoms with Gasteiger partial charge in [-0.15, -0.1) is 0 Å². The van der Waals surface area contributed by atoms with Gasteiger partial charge in [0.1, 0.15) is 18.5 Å². The molecule has 20 heavy (non-hydrogen) atoms. The molecule has 0 spiro atoms. The van der Waals surface area contributed by atoms with Gasteiger partial charge >= 0.3 is 5.82 Å². The maximum Gasteiger partial charge on any atom is 0.343 e. The van der Waals surface area contributed by atoms with Crippen LogP contribution < -0.4 is 4.74 Å². The predicted molar refractivity (Wildman–Crippen MR) is 76.2 cm³/mol. The average molecular weight is 272 g/mol. The lowest BCUT2D eigenvalue weighted by molar-refractivity contribution is -0.391. The zero-order chi connectivity index (χ0) is 14.5. The maximum atomic E-state index is 10.8. The molecule has 0 saturated carbocycles. The molecule has 1 aromatic heterocycles. The van der Waals surface area contributed by atoms with Gasteiger partial charge in [-0.1, -0.05) is 12.1 Å². The zero-order valence-electron chi connectivity index (χ0n) is 11.2. The van der Waals surface area contributed by atoms with Gasteiger partial charge in [-0.05, 0) is 35.6 Å². The quantitative estimate of drug-likeness (QED) is 0.619. The largest absolute Gasteiger partial charge is 0.497 e. The summed E-state index contributed by atoms with van der Waals surface area (Å²) in [6.45, 7) is 3.33. The number of benzene rings is 1. The molecule has 0 atom stereocenters. The molecule has 0 aliphatic heterocycles. The van der Waals surface area contributed by atoms with E-state index in [0.717, 1.165) is 11.3 Å². The fraction of sp³-hybridized carbons (Fsp3) is 0.143. The number of aromatic nitrogens is 2. The lowest BCUT2D eigenvalue weighted by Gasteiger charge is -2.00. The molecule has 2 rings (SSSR count). The molecule has 0 saturated heterocycles. The van der Waals surface area contributed by atoms with Gasteiger partial charge in [-0.2, -0.15) is 4.57 Å². The van der Waals surface area contributed by atoms with Crippen molar-refractivity contribution in [2.45, 2.75) is 6.92 Å². The number of nitrogens with zero attached hydrogens (tertiary/aromatic N) is 3. The van der Waals surface area contributed by atoms with Crippen LogP contribution in [-0.2, 0) is 0 Å². The van der Waals surface area contributed by atoms with Crippen LogP contribution in [0.15, 0.2) is 30.5 Å². The van der Waals surface area contributed by atoms with Gasteiger partial charge in [0.25, 0.3) is 0 Å². The fourth-order valence-electron chi connectivity index (χ4n) is 1.80. The highest BCUT2D eigenvalue weighted by molar-refractivity contribution is 5.68. The molecule has 103 valence electrons. The highest BCUT2D eigenvalue weighted by atomic mass is 16.6. The lowest BCUT2D eigenvalue weighted by atomic mass is 10.2. The Morgan fingerprint density at radius 2 is 2.20 bits per heavy atom. The number of methoxy groups -OCH3 is 1. The first-order valence-electron chi connectivity index (χ1n) is 5.99. The van der Waals surface area contributed by atoms with Crippen LogP contribution in [0, 0.1) is 16.7 Å². The molecule has 1 aromatic carbocycles. The van der Waals surface area contributed by atoms with Crippen LogP contribution in [0.25, 0.3) is 12.2 Å². The topological polar surface area (TPSA) is 70.2 Å². The van der Waals surface area contributed by atoms with E-state index < -0.39 is 4.92 Å². The number of imidazole rings is 1. The molecular weight excluding hydrogens is 258 g/mol. The van der Waals surface area contributed by atoms with Gasteiger partial charge in [-0.25, -0.2) is 4.98 Å². The second-order valence-electron chi connectivity index (χ2n) is 3.97. The van der Waals surface area contributed by atoms with Crippen LogP contribution in [0.1, 0.15) is 18.3 Å². The average Bonchev–Trinajstić information content (AvgIpc) is 2.88. The maximum absolute atomic E-state index is 10.8. The first-order chi connectivity index (χ1) is 9.65. The molecule has 0 bridgehead atoms. The number of hydrogen-bond donors (Lipinski definition) is 0. The van der Waals surface area contributed by atoms with Crippen molar-refractivity contribution in [1.82, 2.24) is 9.55 Å². The van der Waals surface area contributed by atoms with E-state index in [1.165, 1.54) is 10.8 Å². The standard InChI is InChI=1S/C14H14N3O3/c1-3-16-13(15-10-14(16)17(18)19)8-7-11-5-4-6-12(9-11)20-2/h3-10H,1-2H3/b8-7+. The van der Waals surface area contributed by atoms with Crippen molar-refractivity contribution in [2.24, 2.45) is 0 Å². The smallest absolute Gasteiger partial charge is 0.343 e. The minimum absolute atomic E-state index is 0.0576. The highest BCUT2D eigenvalue weighted by Gasteiger charge is 2.16. The van der Waals surface area contributed by atoms with E-state index in [2.05, 4.69) is 4.98 Å². The number of nitro groups is 1. The number of hydrogen-bond acceptors (Lipinski definition) is 4. The molecule has 0 amide bonds. The van der Waals surface area contributed by atoms with Gasteiger partial charge in [0.05, 0.1) is 7.11 Å². The van der Waals surface area contributed by atoms with Gasteiger partial charge < -0.3 is 14.9 Å². The summed E-state index contributed by atoms with van der Waals surface area (Å²) in [5, 5.41) is 10.8. The summed E-state index contributed by atoms with van der Waals surface area (Å²) in [7, 11) is 1.60. The van der Waals surface area contributed by atoms with Crippen molar-refractivity contribution < 1.29 is 9.66 Å². The normalized spacial score (nSPS) is 10.9. The first-order valence-corrected chi connectivity index (χ1v) is 5.99. The van der Waals surface area contributed by atoms with Gasteiger partial charge in [0.15, 0.2) is 0 Å². The van der Waals surface area contributed by atoms with E-state index in [9.17, 15) is 10.1 Å². The molecule has 0 N–H and O–H groups in total. The summed E-state index contributed by atoms with van der Waals surface area (Å²) in [5.41, 5.74) is 0.928. The molecule has 0 aliphatic carbocycles. The van der Waals surface area contributed by atoms with Crippen molar-refractivity contribution >= 4 is 18.0 Å². The summed E-state index contributed by atoms with van der Waals surface area (Å²) >= 11 is 0. The van der Waals surface area contributed by atoms with E-state index >= 15 is 0 Å². The van der Waals surface area contributed by atoms with Crippen molar-refractivity contribution in [3.8, 4) is 5.75 Å². The number of ether oxygens (including phenoxy) is 1. The Balaban J connectivity index is 2.29. The highest BCUT2D eigenvalue weighted by Crippen LogP contribution is 2.18. The molecule has 1 radical (unpaired) electrons. The van der Waals surface area contributed by atoms with Gasteiger partial charge in [0, 0.05) is 6.08 Å². The van der Waals surface area contributed by atoms with E-state index in [-0.39, 0.29) is 5.82 Å². The van der Waals surface area contributed by atoms with Gasteiger partial charge in [-0.3, -0.25) is 0 Å². The summed E-state index contributed by atoms with van der Waals surface area (Å²) in [6, 6.07) is 7.51. The SMILES string of the molecule is C[CH]n1c([N+](=O)[O-])cnc1/C=C/c1cccc(OC)c1. The molecular formula is C14H14N3O3. The summed E-state index contributed by atoms with van der Waals surface area (Å²) < 4.78 is 6.56. The second kappa shape index (κ2) is 6.01. The summed E-state index contributed by atoms with van der Waals surface area (Å²) in [4.78, 5) is 14.4. The van der Waals surface area contributed by atoms with Crippen LogP contribution in [0.2, 0.25) is 0 Å². The van der Waals surface area contributed by atoms with E-state index in [4.69, 9.17) is 4.74 Å². The van der Waals surface area contributed by atoms with E-state index in [1.807, 2.05) is 30.3 Å². The first kappa shape index (κ1) is 13.8. The summed E-state index contributed by atoms with van der Waals surface area (Å²) in [5.74, 6) is 1.20. The molecule has 6 nitrogen and oxygen atoms in total. The predicted octanol–water partition coefficient (Wildman–Crippen LogP) is 3.00. The Morgan fingerprint density at radius 1 is 1.40 bits per heavy atom. The third-order valence-electron chi connectivity index (χ3n) is 2.77. The second-order valence-corrected chi connectivity index (χ2v) is 3.97. The van der Waals surface area contributed by atoms with Crippen molar-refractivity contribution in [1.29, 1.82) is 0 Å². The Morgan fingerprint density at radius 3 is 2.85 bits per heavy atom. The summed E-state index contributed by atoms with van der Waals surface area (Å²) in [6.07, 6.45) is 4.79. The minimum Gasteiger partial charge on any atom is -0.497 e. The molecule has 2 aromatic rings. The zero-order valence-corrected chi connectivity index (χ0v) is 11.2.